The van der Waals surface area contributed by atoms with Crippen LogP contribution in [0.25, 0.3) is 0 Å². The van der Waals surface area contributed by atoms with Crippen molar-refractivity contribution in [3.05, 3.63) is 35.4 Å². The van der Waals surface area contributed by atoms with E-state index in [1.54, 1.807) is 0 Å². The van der Waals surface area contributed by atoms with Crippen LogP contribution in [0.15, 0.2) is 24.3 Å². The minimum Gasteiger partial charge on any atom is -0.478 e. The highest BCUT2D eigenvalue weighted by atomic mass is 32.2. The van der Waals surface area contributed by atoms with Crippen molar-refractivity contribution in [2.45, 2.75) is 25.0 Å². The first-order valence-electron chi connectivity index (χ1n) is 6.26. The van der Waals surface area contributed by atoms with Gasteiger partial charge in [-0.2, -0.15) is 0 Å². The lowest BCUT2D eigenvalue weighted by Crippen LogP contribution is -2.26. The predicted octanol–water partition coefficient (Wildman–Crippen LogP) is 1.60. The molecule has 6 heteroatoms. The number of benzene rings is 1. The number of sulfonamides is 1. The van der Waals surface area contributed by atoms with Gasteiger partial charge in [0.1, 0.15) is 0 Å². The average Bonchev–Trinajstić information content (AvgIpc) is 3.13. The zero-order valence-corrected chi connectivity index (χ0v) is 11.3. The number of nitrogens with one attached hydrogen (secondary N) is 1. The number of rotatable bonds is 7. The molecule has 104 valence electrons. The molecule has 0 aromatic heterocycles. The fraction of sp³-hybridized carbons (Fsp3) is 0.462. The first-order chi connectivity index (χ1) is 8.96. The molecular formula is C13H17NO4S. The Morgan fingerprint density at radius 1 is 1.26 bits per heavy atom. The van der Waals surface area contributed by atoms with Crippen LogP contribution in [0.4, 0.5) is 0 Å². The molecule has 1 fully saturated rings. The third kappa shape index (κ3) is 4.65. The van der Waals surface area contributed by atoms with Crippen LogP contribution in [0.2, 0.25) is 0 Å². The van der Waals surface area contributed by atoms with E-state index < -0.39 is 16.0 Å². The molecule has 19 heavy (non-hydrogen) atoms. The van der Waals surface area contributed by atoms with Crippen molar-refractivity contribution in [2.75, 3.05) is 6.54 Å². The largest absolute Gasteiger partial charge is 0.478 e. The minimum atomic E-state index is -3.33. The van der Waals surface area contributed by atoms with Gasteiger partial charge in [-0.3, -0.25) is 0 Å². The second-order valence-corrected chi connectivity index (χ2v) is 6.69. The standard InChI is InChI=1S/C13H17NO4S/c15-13(16)12-5-3-11(4-6-12)9-19(17,18)14-8-7-10-1-2-10/h3-6,10,14H,1-2,7-9H2,(H,15,16). The van der Waals surface area contributed by atoms with E-state index in [0.29, 0.717) is 18.0 Å². The van der Waals surface area contributed by atoms with E-state index in [4.69, 9.17) is 5.11 Å². The number of hydrogen-bond donors (Lipinski definition) is 2. The van der Waals surface area contributed by atoms with Gasteiger partial charge in [-0.15, -0.1) is 0 Å². The maximum atomic E-state index is 11.8. The third-order valence-corrected chi connectivity index (χ3v) is 4.49. The van der Waals surface area contributed by atoms with E-state index in [-0.39, 0.29) is 11.3 Å². The van der Waals surface area contributed by atoms with Crippen molar-refractivity contribution < 1.29 is 18.3 Å². The number of carboxylic acid groups (broad SMARTS) is 1. The molecule has 2 N–H and O–H groups in total. The lowest BCUT2D eigenvalue weighted by Gasteiger charge is -2.06. The monoisotopic (exact) mass is 283 g/mol. The van der Waals surface area contributed by atoms with Gasteiger partial charge in [-0.25, -0.2) is 17.9 Å². The quantitative estimate of drug-likeness (QED) is 0.796. The zero-order chi connectivity index (χ0) is 13.9. The van der Waals surface area contributed by atoms with E-state index >= 15 is 0 Å². The van der Waals surface area contributed by atoms with Gasteiger partial charge >= 0.3 is 5.97 Å². The van der Waals surface area contributed by atoms with E-state index in [0.717, 1.165) is 6.42 Å². The summed E-state index contributed by atoms with van der Waals surface area (Å²) >= 11 is 0. The number of aromatic carboxylic acids is 1. The van der Waals surface area contributed by atoms with E-state index in [1.807, 2.05) is 0 Å². The summed E-state index contributed by atoms with van der Waals surface area (Å²) in [5, 5.41) is 8.75. The Kier molecular flexibility index (Phi) is 4.21. The SMILES string of the molecule is O=C(O)c1ccc(CS(=O)(=O)NCCC2CC2)cc1. The smallest absolute Gasteiger partial charge is 0.335 e. The summed E-state index contributed by atoms with van der Waals surface area (Å²) in [7, 11) is -3.33. The van der Waals surface area contributed by atoms with Crippen LogP contribution < -0.4 is 4.72 Å². The Bertz CT molecular complexity index is 547. The summed E-state index contributed by atoms with van der Waals surface area (Å²) in [6.07, 6.45) is 3.31. The molecule has 1 aromatic rings. The van der Waals surface area contributed by atoms with Gasteiger partial charge in [-0.1, -0.05) is 25.0 Å². The molecule has 0 amide bonds. The summed E-state index contributed by atoms with van der Waals surface area (Å²) in [6.45, 7) is 0.486. The number of hydrogen-bond acceptors (Lipinski definition) is 3. The molecular weight excluding hydrogens is 266 g/mol. The summed E-state index contributed by atoms with van der Waals surface area (Å²) in [5.41, 5.74) is 0.742. The molecule has 1 aliphatic rings. The van der Waals surface area contributed by atoms with Crippen molar-refractivity contribution in [3.63, 3.8) is 0 Å². The lowest BCUT2D eigenvalue weighted by atomic mass is 10.1. The first kappa shape index (κ1) is 14.0. The van der Waals surface area contributed by atoms with E-state index in [1.165, 1.54) is 37.1 Å². The molecule has 0 spiro atoms. The van der Waals surface area contributed by atoms with Crippen LogP contribution in [-0.2, 0) is 15.8 Å². The second-order valence-electron chi connectivity index (χ2n) is 4.89. The Labute approximate surface area is 112 Å². The maximum Gasteiger partial charge on any atom is 0.335 e. The topological polar surface area (TPSA) is 83.5 Å². The zero-order valence-electron chi connectivity index (χ0n) is 10.5. The molecule has 1 saturated carbocycles. The summed E-state index contributed by atoms with van der Waals surface area (Å²) in [4.78, 5) is 10.7. The van der Waals surface area contributed by atoms with Gasteiger partial charge in [0.05, 0.1) is 11.3 Å². The summed E-state index contributed by atoms with van der Waals surface area (Å²) < 4.78 is 26.2. The molecule has 5 nitrogen and oxygen atoms in total. The summed E-state index contributed by atoms with van der Waals surface area (Å²) in [5.74, 6) is -0.438. The first-order valence-corrected chi connectivity index (χ1v) is 7.91. The van der Waals surface area contributed by atoms with Crippen LogP contribution in [0.3, 0.4) is 0 Å². The molecule has 0 unspecified atom stereocenters. The molecule has 1 aromatic carbocycles. The number of carboxylic acids is 1. The highest BCUT2D eigenvalue weighted by molar-refractivity contribution is 7.88. The highest BCUT2D eigenvalue weighted by Gasteiger charge is 2.21. The Balaban J connectivity index is 1.88. The highest BCUT2D eigenvalue weighted by Crippen LogP contribution is 2.31. The number of carbonyl (C=O) groups is 1. The second kappa shape index (κ2) is 5.71. The summed E-state index contributed by atoms with van der Waals surface area (Å²) in [6, 6.07) is 5.89. The molecule has 2 rings (SSSR count). The Hall–Kier alpha value is -1.40. The van der Waals surface area contributed by atoms with Crippen molar-refractivity contribution in [2.24, 2.45) is 5.92 Å². The van der Waals surface area contributed by atoms with Crippen molar-refractivity contribution in [3.8, 4) is 0 Å². The lowest BCUT2D eigenvalue weighted by molar-refractivity contribution is 0.0697. The molecule has 0 heterocycles. The third-order valence-electron chi connectivity index (χ3n) is 3.13. The maximum absolute atomic E-state index is 11.8. The minimum absolute atomic E-state index is 0.114. The van der Waals surface area contributed by atoms with E-state index in [2.05, 4.69) is 4.72 Å². The fourth-order valence-electron chi connectivity index (χ4n) is 1.84. The molecule has 0 atom stereocenters. The van der Waals surface area contributed by atoms with Crippen LogP contribution in [0, 0.1) is 5.92 Å². The Morgan fingerprint density at radius 3 is 2.42 bits per heavy atom. The van der Waals surface area contributed by atoms with E-state index in [9.17, 15) is 13.2 Å². The molecule has 0 saturated heterocycles. The average molecular weight is 283 g/mol. The molecule has 0 aliphatic heterocycles. The van der Waals surface area contributed by atoms with Gasteiger partial charge in [0.25, 0.3) is 0 Å². The van der Waals surface area contributed by atoms with Gasteiger partial charge in [0.2, 0.25) is 10.0 Å². The van der Waals surface area contributed by atoms with Crippen LogP contribution in [0.5, 0.6) is 0 Å². The van der Waals surface area contributed by atoms with Gasteiger partial charge in [0.15, 0.2) is 0 Å². The molecule has 0 radical (unpaired) electrons. The van der Waals surface area contributed by atoms with Crippen molar-refractivity contribution in [1.82, 2.24) is 4.72 Å². The van der Waals surface area contributed by atoms with Crippen LogP contribution >= 0.6 is 0 Å². The Morgan fingerprint density at radius 2 is 1.89 bits per heavy atom. The predicted molar refractivity (Wildman–Crippen MR) is 71.4 cm³/mol. The van der Waals surface area contributed by atoms with Crippen molar-refractivity contribution >= 4 is 16.0 Å². The van der Waals surface area contributed by atoms with Crippen LogP contribution in [-0.4, -0.2) is 26.0 Å². The van der Waals surface area contributed by atoms with Gasteiger partial charge in [-0.05, 0) is 30.0 Å². The normalized spacial score (nSPS) is 15.4. The van der Waals surface area contributed by atoms with Gasteiger partial charge < -0.3 is 5.11 Å². The van der Waals surface area contributed by atoms with Gasteiger partial charge in [0, 0.05) is 6.54 Å². The van der Waals surface area contributed by atoms with Crippen LogP contribution in [0.1, 0.15) is 35.2 Å². The fourth-order valence-corrected chi connectivity index (χ4v) is 3.00. The van der Waals surface area contributed by atoms with Crippen molar-refractivity contribution in [1.29, 1.82) is 0 Å². The molecule has 0 bridgehead atoms. The molecule has 1 aliphatic carbocycles.